The van der Waals surface area contributed by atoms with E-state index in [2.05, 4.69) is 21.3 Å². The van der Waals surface area contributed by atoms with Crippen molar-refractivity contribution in [3.63, 3.8) is 0 Å². The van der Waals surface area contributed by atoms with Gasteiger partial charge in [-0.3, -0.25) is 19.2 Å². The van der Waals surface area contributed by atoms with Crippen LogP contribution < -0.4 is 21.3 Å². The first-order chi connectivity index (χ1) is 14.9. The first-order valence-corrected chi connectivity index (χ1v) is 12.1. The second kappa shape index (κ2) is 12.8. The predicted octanol–water partition coefficient (Wildman–Crippen LogP) is 2.12. The minimum Gasteiger partial charge on any atom is -0.343 e. The first kappa shape index (κ1) is 27.9. The molecule has 0 spiro atoms. The molecule has 0 bridgehead atoms. The van der Waals surface area contributed by atoms with E-state index in [0.29, 0.717) is 25.7 Å². The molecule has 0 aliphatic carbocycles. The van der Waals surface area contributed by atoms with Crippen molar-refractivity contribution in [1.29, 1.82) is 0 Å². The molecule has 8 heteroatoms. The Morgan fingerprint density at radius 2 is 0.875 bits per heavy atom. The summed E-state index contributed by atoms with van der Waals surface area (Å²) in [6.45, 7) is 15.6. The van der Waals surface area contributed by atoms with E-state index in [-0.39, 0.29) is 47.3 Å². The maximum atomic E-state index is 13.2. The van der Waals surface area contributed by atoms with Gasteiger partial charge < -0.3 is 21.3 Å². The van der Waals surface area contributed by atoms with Crippen molar-refractivity contribution >= 4 is 23.6 Å². The Balaban J connectivity index is 3.41. The fourth-order valence-electron chi connectivity index (χ4n) is 3.84. The molecule has 0 aromatic heterocycles. The van der Waals surface area contributed by atoms with Crippen molar-refractivity contribution in [2.75, 3.05) is 0 Å². The molecule has 1 fully saturated rings. The van der Waals surface area contributed by atoms with Gasteiger partial charge in [0.15, 0.2) is 0 Å². The van der Waals surface area contributed by atoms with Gasteiger partial charge in [0.2, 0.25) is 23.6 Å². The van der Waals surface area contributed by atoms with Crippen LogP contribution in [0.15, 0.2) is 0 Å². The molecule has 1 saturated heterocycles. The number of hydrogen-bond acceptors (Lipinski definition) is 4. The van der Waals surface area contributed by atoms with Gasteiger partial charge >= 0.3 is 0 Å². The third-order valence-corrected chi connectivity index (χ3v) is 6.27. The van der Waals surface area contributed by atoms with Gasteiger partial charge in [-0.05, 0) is 36.5 Å². The molecule has 2 unspecified atom stereocenters. The summed E-state index contributed by atoms with van der Waals surface area (Å²) in [5.41, 5.74) is 0. The molecule has 1 aliphatic rings. The maximum Gasteiger partial charge on any atom is 0.243 e. The van der Waals surface area contributed by atoms with Crippen molar-refractivity contribution in [3.8, 4) is 0 Å². The average Bonchev–Trinajstić information content (AvgIpc) is 2.71. The smallest absolute Gasteiger partial charge is 0.243 e. The largest absolute Gasteiger partial charge is 0.343 e. The molecule has 0 saturated carbocycles. The van der Waals surface area contributed by atoms with Crippen LogP contribution in [0.3, 0.4) is 0 Å². The number of rotatable bonds is 8. The van der Waals surface area contributed by atoms with E-state index in [0.717, 1.165) is 0 Å². The predicted molar refractivity (Wildman–Crippen MR) is 126 cm³/mol. The Labute approximate surface area is 193 Å². The average molecular weight is 453 g/mol. The van der Waals surface area contributed by atoms with E-state index < -0.39 is 24.2 Å². The number of carbonyl (C=O) groups excluding carboxylic acids is 4. The number of carbonyl (C=O) groups is 4. The fourth-order valence-corrected chi connectivity index (χ4v) is 3.84. The monoisotopic (exact) mass is 452 g/mol. The molecule has 4 N–H and O–H groups in total. The maximum absolute atomic E-state index is 13.2. The minimum atomic E-state index is -0.786. The topological polar surface area (TPSA) is 116 Å². The van der Waals surface area contributed by atoms with Crippen LogP contribution in [0.2, 0.25) is 0 Å². The second-order valence-corrected chi connectivity index (χ2v) is 10.1. The Hall–Kier alpha value is -2.12. The quantitative estimate of drug-likeness (QED) is 0.451. The lowest BCUT2D eigenvalue weighted by atomic mass is 9.93. The van der Waals surface area contributed by atoms with Gasteiger partial charge in [0.25, 0.3) is 0 Å². The van der Waals surface area contributed by atoms with Crippen molar-refractivity contribution < 1.29 is 19.2 Å². The number of amides is 4. The second-order valence-electron chi connectivity index (χ2n) is 10.1. The van der Waals surface area contributed by atoms with E-state index in [1.54, 1.807) is 0 Å². The Morgan fingerprint density at radius 1 is 0.562 bits per heavy atom. The van der Waals surface area contributed by atoms with Crippen LogP contribution in [-0.2, 0) is 19.2 Å². The van der Waals surface area contributed by atoms with Gasteiger partial charge in [-0.1, -0.05) is 68.2 Å². The summed E-state index contributed by atoms with van der Waals surface area (Å²) >= 11 is 0. The molecule has 6 atom stereocenters. The molecular weight excluding hydrogens is 408 g/mol. The van der Waals surface area contributed by atoms with Crippen LogP contribution in [0.5, 0.6) is 0 Å². The molecule has 0 aromatic carbocycles. The van der Waals surface area contributed by atoms with Crippen molar-refractivity contribution in [1.82, 2.24) is 21.3 Å². The third-order valence-electron chi connectivity index (χ3n) is 6.27. The summed E-state index contributed by atoms with van der Waals surface area (Å²) in [6, 6.07) is -3.13. The standard InChI is InChI=1S/C24H44N4O4/c1-9-15(7)19-23(31)25-18(12-14(5)6)22(30)28-20(16(8)10-2)24(32)26-17(11-13(3)4)21(29)27-19/h13-20H,9-12H2,1-8H3,(H,25,31)(H,26,32)(H,27,29)(H,28,30)/t15?,16?,17-,18-,19-,20-/m0/s1. The minimum absolute atomic E-state index is 0.132. The molecule has 8 nitrogen and oxygen atoms in total. The van der Waals surface area contributed by atoms with Crippen molar-refractivity contribution in [3.05, 3.63) is 0 Å². The Morgan fingerprint density at radius 3 is 1.12 bits per heavy atom. The molecular formula is C24H44N4O4. The molecule has 0 aromatic rings. The van der Waals surface area contributed by atoms with Gasteiger partial charge in [0.05, 0.1) is 0 Å². The molecule has 0 radical (unpaired) electrons. The molecule has 1 rings (SSSR count). The Kier molecular flexibility index (Phi) is 11.2. The highest BCUT2D eigenvalue weighted by atomic mass is 16.2. The summed E-state index contributed by atoms with van der Waals surface area (Å²) in [4.78, 5) is 52.7. The summed E-state index contributed by atoms with van der Waals surface area (Å²) in [5.74, 6) is -1.44. The third kappa shape index (κ3) is 8.10. The summed E-state index contributed by atoms with van der Waals surface area (Å²) in [6.07, 6.45) is 2.22. The van der Waals surface area contributed by atoms with Gasteiger partial charge in [-0.15, -0.1) is 0 Å². The zero-order valence-electron chi connectivity index (χ0n) is 21.1. The van der Waals surface area contributed by atoms with Crippen LogP contribution in [0.4, 0.5) is 0 Å². The molecule has 32 heavy (non-hydrogen) atoms. The molecule has 4 amide bonds. The lowest BCUT2D eigenvalue weighted by Gasteiger charge is -2.33. The molecule has 1 heterocycles. The van der Waals surface area contributed by atoms with E-state index in [1.807, 2.05) is 55.4 Å². The van der Waals surface area contributed by atoms with E-state index in [9.17, 15) is 19.2 Å². The number of hydrogen-bond donors (Lipinski definition) is 4. The summed E-state index contributed by atoms with van der Waals surface area (Å²) in [7, 11) is 0. The van der Waals surface area contributed by atoms with Gasteiger partial charge in [-0.25, -0.2) is 0 Å². The van der Waals surface area contributed by atoms with Gasteiger partial charge in [0.1, 0.15) is 24.2 Å². The van der Waals surface area contributed by atoms with Gasteiger partial charge in [0, 0.05) is 0 Å². The van der Waals surface area contributed by atoms with Crippen molar-refractivity contribution in [2.45, 2.75) is 105 Å². The summed E-state index contributed by atoms with van der Waals surface area (Å²) < 4.78 is 0. The first-order valence-electron chi connectivity index (χ1n) is 12.1. The van der Waals surface area contributed by atoms with E-state index in [1.165, 1.54) is 0 Å². The lowest BCUT2D eigenvalue weighted by molar-refractivity contribution is -0.138. The molecule has 184 valence electrons. The van der Waals surface area contributed by atoms with Gasteiger partial charge in [-0.2, -0.15) is 0 Å². The number of nitrogens with one attached hydrogen (secondary N) is 4. The molecule has 1 aliphatic heterocycles. The lowest BCUT2D eigenvalue weighted by Crippen LogP contribution is -2.63. The van der Waals surface area contributed by atoms with Crippen LogP contribution >= 0.6 is 0 Å². The summed E-state index contributed by atoms with van der Waals surface area (Å²) in [5, 5.41) is 11.4. The SMILES string of the molecule is CCC(C)[C@@H]1NC(=O)[C@H](CC(C)C)NC(=O)[C@H](C(C)CC)NC(=O)[C@H](CC(C)C)NC1=O. The van der Waals surface area contributed by atoms with E-state index >= 15 is 0 Å². The fraction of sp³-hybridized carbons (Fsp3) is 0.833. The Bertz CT molecular complexity index is 608. The van der Waals surface area contributed by atoms with E-state index in [4.69, 9.17) is 0 Å². The zero-order chi connectivity index (χ0) is 24.6. The van der Waals surface area contributed by atoms with Crippen LogP contribution in [0, 0.1) is 23.7 Å². The van der Waals surface area contributed by atoms with Crippen LogP contribution in [0.25, 0.3) is 0 Å². The highest BCUT2D eigenvalue weighted by molar-refractivity contribution is 5.97. The zero-order valence-corrected chi connectivity index (χ0v) is 21.1. The highest BCUT2D eigenvalue weighted by Gasteiger charge is 2.37. The normalized spacial score (nSPS) is 27.6. The van der Waals surface area contributed by atoms with Crippen molar-refractivity contribution in [2.24, 2.45) is 23.7 Å². The highest BCUT2D eigenvalue weighted by Crippen LogP contribution is 2.15. The van der Waals surface area contributed by atoms with Crippen LogP contribution in [-0.4, -0.2) is 47.8 Å². The van der Waals surface area contributed by atoms with Crippen LogP contribution in [0.1, 0.15) is 81.1 Å².